The molecule has 0 amide bonds. The molecule has 1 aromatic rings. The summed E-state index contributed by atoms with van der Waals surface area (Å²) in [5, 5.41) is 0.715. The van der Waals surface area contributed by atoms with Gasteiger partial charge in [-0.15, -0.1) is 5.54 Å². The van der Waals surface area contributed by atoms with Gasteiger partial charge in [-0.3, -0.25) is 0 Å². The van der Waals surface area contributed by atoms with Crippen molar-refractivity contribution in [2.75, 3.05) is 0 Å². The predicted molar refractivity (Wildman–Crippen MR) is 69.4 cm³/mol. The van der Waals surface area contributed by atoms with Crippen molar-refractivity contribution in [3.05, 3.63) is 33.3 Å². The van der Waals surface area contributed by atoms with E-state index in [0.717, 1.165) is 10.0 Å². The predicted octanol–water partition coefficient (Wildman–Crippen LogP) is 4.33. The highest BCUT2D eigenvalue weighted by Gasteiger charge is 2.08. The summed E-state index contributed by atoms with van der Waals surface area (Å²) in [5.74, 6) is 3.17. The van der Waals surface area contributed by atoms with Gasteiger partial charge in [-0.05, 0) is 28.1 Å². The zero-order valence-electron chi connectivity index (χ0n) is 8.49. The Morgan fingerprint density at radius 2 is 1.93 bits per heavy atom. The largest absolute Gasteiger partial charge is 0.129 e. The average molecular weight is 288 g/mol. The molecule has 3 heteroatoms. The van der Waals surface area contributed by atoms with Crippen LogP contribution in [0.5, 0.6) is 0 Å². The van der Waals surface area contributed by atoms with Crippen LogP contribution in [-0.2, 0) is 0 Å². The molecule has 0 radical (unpaired) electrons. The van der Waals surface area contributed by atoms with Gasteiger partial charge in [-0.2, -0.15) is 0 Å². The van der Waals surface area contributed by atoms with Gasteiger partial charge in [0.05, 0.1) is 9.50 Å². The fourth-order valence-corrected chi connectivity index (χ4v) is 1.90. The van der Waals surface area contributed by atoms with Gasteiger partial charge in [-0.25, -0.2) is 0 Å². The summed E-state index contributed by atoms with van der Waals surface area (Å²) < 4.78 is 0.896. The lowest BCUT2D eigenvalue weighted by molar-refractivity contribution is 1.59. The van der Waals surface area contributed by atoms with E-state index in [0.29, 0.717) is 5.02 Å². The third-order valence-electron chi connectivity index (χ3n) is 1.52. The third kappa shape index (κ3) is 3.49. The summed E-state index contributed by atoms with van der Waals surface area (Å²) in [7, 11) is -1.31. The molecule has 14 heavy (non-hydrogen) atoms. The maximum absolute atomic E-state index is 5.96. The Bertz CT molecular complexity index is 396. The standard InChI is InChI=1S/C11H12BrClSi/c1-14(2,3)8-7-9-5-4-6-10(13)11(9)12/h4-6H,1-3H3. The van der Waals surface area contributed by atoms with E-state index in [2.05, 4.69) is 47.0 Å². The molecule has 0 saturated carbocycles. The Labute approximate surface area is 99.8 Å². The van der Waals surface area contributed by atoms with Gasteiger partial charge in [0.2, 0.25) is 0 Å². The maximum Gasteiger partial charge on any atom is 0.129 e. The lowest BCUT2D eigenvalue weighted by Crippen LogP contribution is -2.16. The van der Waals surface area contributed by atoms with Crippen LogP contribution in [0.4, 0.5) is 0 Å². The molecule has 0 nitrogen and oxygen atoms in total. The number of hydrogen-bond acceptors (Lipinski definition) is 0. The first-order chi connectivity index (χ1) is 6.40. The molecule has 0 saturated heterocycles. The van der Waals surface area contributed by atoms with Crippen molar-refractivity contribution < 1.29 is 0 Å². The second-order valence-electron chi connectivity index (χ2n) is 4.10. The number of hydrogen-bond donors (Lipinski definition) is 0. The number of benzene rings is 1. The summed E-state index contributed by atoms with van der Waals surface area (Å²) in [6, 6.07) is 5.75. The lowest BCUT2D eigenvalue weighted by atomic mass is 10.2. The molecule has 0 N–H and O–H groups in total. The Hall–Kier alpha value is -0.233. The first kappa shape index (κ1) is 11.8. The summed E-state index contributed by atoms with van der Waals surface area (Å²) in [4.78, 5) is 0. The Morgan fingerprint density at radius 3 is 2.50 bits per heavy atom. The van der Waals surface area contributed by atoms with Crippen LogP contribution in [0.1, 0.15) is 5.56 Å². The van der Waals surface area contributed by atoms with Crippen molar-refractivity contribution in [2.24, 2.45) is 0 Å². The Morgan fingerprint density at radius 1 is 1.29 bits per heavy atom. The minimum atomic E-state index is -1.31. The molecule has 0 heterocycles. The second-order valence-corrected chi connectivity index (χ2v) is 10.1. The maximum atomic E-state index is 5.96. The SMILES string of the molecule is C[Si](C)(C)C#Cc1cccc(Cl)c1Br. The number of halogens is 2. The van der Waals surface area contributed by atoms with Crippen molar-refractivity contribution in [1.82, 2.24) is 0 Å². The van der Waals surface area contributed by atoms with E-state index in [1.54, 1.807) is 0 Å². The molecule has 0 aliphatic rings. The molecule has 0 aliphatic heterocycles. The Kier molecular flexibility index (Phi) is 3.83. The second kappa shape index (κ2) is 4.52. The van der Waals surface area contributed by atoms with Crippen molar-refractivity contribution in [3.8, 4) is 11.5 Å². The van der Waals surface area contributed by atoms with Crippen LogP contribution in [0.25, 0.3) is 0 Å². The Balaban J connectivity index is 3.08. The van der Waals surface area contributed by atoms with Crippen LogP contribution >= 0.6 is 27.5 Å². The van der Waals surface area contributed by atoms with Crippen LogP contribution in [-0.4, -0.2) is 8.07 Å². The van der Waals surface area contributed by atoms with Crippen molar-refractivity contribution in [1.29, 1.82) is 0 Å². The van der Waals surface area contributed by atoms with Crippen LogP contribution in [0, 0.1) is 11.5 Å². The first-order valence-corrected chi connectivity index (χ1v) is 9.04. The average Bonchev–Trinajstić information content (AvgIpc) is 2.06. The van der Waals surface area contributed by atoms with Crippen molar-refractivity contribution in [2.45, 2.75) is 19.6 Å². The minimum Gasteiger partial charge on any atom is -0.127 e. The lowest BCUT2D eigenvalue weighted by Gasteiger charge is -2.04. The van der Waals surface area contributed by atoms with E-state index in [-0.39, 0.29) is 0 Å². The molecule has 0 unspecified atom stereocenters. The van der Waals surface area contributed by atoms with E-state index in [1.165, 1.54) is 0 Å². The fraction of sp³-hybridized carbons (Fsp3) is 0.273. The van der Waals surface area contributed by atoms with E-state index < -0.39 is 8.07 Å². The van der Waals surface area contributed by atoms with Crippen LogP contribution in [0.2, 0.25) is 24.7 Å². The van der Waals surface area contributed by atoms with Gasteiger partial charge in [-0.1, -0.05) is 43.2 Å². The third-order valence-corrected chi connectivity index (χ3v) is 3.80. The summed E-state index contributed by atoms with van der Waals surface area (Å²) in [5.41, 5.74) is 4.28. The molecule has 0 bridgehead atoms. The normalized spacial score (nSPS) is 10.6. The van der Waals surface area contributed by atoms with Gasteiger partial charge in [0.1, 0.15) is 8.07 Å². The highest BCUT2D eigenvalue weighted by molar-refractivity contribution is 9.10. The summed E-state index contributed by atoms with van der Waals surface area (Å²) in [6.07, 6.45) is 0. The van der Waals surface area contributed by atoms with Crippen molar-refractivity contribution in [3.63, 3.8) is 0 Å². The molecular weight excluding hydrogens is 276 g/mol. The fourth-order valence-electron chi connectivity index (χ4n) is 0.855. The topological polar surface area (TPSA) is 0 Å². The van der Waals surface area contributed by atoms with E-state index in [4.69, 9.17) is 11.6 Å². The van der Waals surface area contributed by atoms with Gasteiger partial charge in [0, 0.05) is 5.56 Å². The van der Waals surface area contributed by atoms with Gasteiger partial charge in [0.25, 0.3) is 0 Å². The first-order valence-electron chi connectivity index (χ1n) is 4.37. The molecule has 0 spiro atoms. The zero-order chi connectivity index (χ0) is 10.8. The summed E-state index contributed by atoms with van der Waals surface area (Å²) >= 11 is 9.39. The summed E-state index contributed by atoms with van der Waals surface area (Å²) in [6.45, 7) is 6.66. The van der Waals surface area contributed by atoms with E-state index in [9.17, 15) is 0 Å². The smallest absolute Gasteiger partial charge is 0.127 e. The van der Waals surface area contributed by atoms with Gasteiger partial charge in [0.15, 0.2) is 0 Å². The van der Waals surface area contributed by atoms with E-state index in [1.807, 2.05) is 18.2 Å². The van der Waals surface area contributed by atoms with Crippen LogP contribution < -0.4 is 0 Å². The molecule has 0 aromatic heterocycles. The monoisotopic (exact) mass is 286 g/mol. The molecule has 0 aliphatic carbocycles. The minimum absolute atomic E-state index is 0.715. The van der Waals surface area contributed by atoms with Crippen LogP contribution in [0.3, 0.4) is 0 Å². The molecule has 1 aromatic carbocycles. The number of rotatable bonds is 0. The molecule has 0 atom stereocenters. The van der Waals surface area contributed by atoms with Crippen molar-refractivity contribution >= 4 is 35.6 Å². The van der Waals surface area contributed by atoms with Gasteiger partial charge < -0.3 is 0 Å². The molecular formula is C11H12BrClSi. The molecule has 74 valence electrons. The van der Waals surface area contributed by atoms with Crippen LogP contribution in [0.15, 0.2) is 22.7 Å². The highest BCUT2D eigenvalue weighted by atomic mass is 79.9. The molecule has 0 fully saturated rings. The quantitative estimate of drug-likeness (QED) is 0.492. The zero-order valence-corrected chi connectivity index (χ0v) is 11.8. The van der Waals surface area contributed by atoms with E-state index >= 15 is 0 Å². The highest BCUT2D eigenvalue weighted by Crippen LogP contribution is 2.25. The molecule has 1 rings (SSSR count). The van der Waals surface area contributed by atoms with Gasteiger partial charge >= 0.3 is 0 Å².